The summed E-state index contributed by atoms with van der Waals surface area (Å²) in [4.78, 5) is 13.6. The minimum Gasteiger partial charge on any atom is -0.493 e. The van der Waals surface area contributed by atoms with E-state index in [0.717, 1.165) is 33.3 Å². The molecule has 5 rings (SSSR count). The van der Waals surface area contributed by atoms with Gasteiger partial charge < -0.3 is 4.74 Å². The Morgan fingerprint density at radius 3 is 2.28 bits per heavy atom. The van der Waals surface area contributed by atoms with Crippen molar-refractivity contribution in [3.8, 4) is 5.75 Å². The van der Waals surface area contributed by atoms with Crippen molar-refractivity contribution in [3.63, 3.8) is 0 Å². The van der Waals surface area contributed by atoms with Crippen LogP contribution in [0.25, 0.3) is 16.8 Å². The highest BCUT2D eigenvalue weighted by Gasteiger charge is 2.32. The first-order chi connectivity index (χ1) is 15.8. The SMILES string of the molecule is CCOc1ccc2ccccc2c1/C=C1\C(=O)N(c2ccccc2)N=C1c1ccccc1. The van der Waals surface area contributed by atoms with Crippen LogP contribution in [0.15, 0.2) is 108 Å². The molecule has 0 bridgehead atoms. The quantitative estimate of drug-likeness (QED) is 0.369. The van der Waals surface area contributed by atoms with E-state index >= 15 is 0 Å². The van der Waals surface area contributed by atoms with Gasteiger partial charge in [-0.2, -0.15) is 10.1 Å². The average molecular weight is 418 g/mol. The molecule has 4 nitrogen and oxygen atoms in total. The second-order valence-corrected chi connectivity index (χ2v) is 7.46. The molecule has 0 aliphatic carbocycles. The Kier molecular flexibility index (Phi) is 5.26. The van der Waals surface area contributed by atoms with Crippen LogP contribution >= 0.6 is 0 Å². The van der Waals surface area contributed by atoms with E-state index in [1.54, 1.807) is 0 Å². The molecule has 0 saturated heterocycles. The second-order valence-electron chi connectivity index (χ2n) is 7.46. The number of hydrogen-bond acceptors (Lipinski definition) is 3. The number of anilines is 1. The number of rotatable bonds is 5. The first kappa shape index (κ1) is 19.8. The molecule has 4 heteroatoms. The Hall–Kier alpha value is -4.18. The standard InChI is InChI=1S/C28H22N2O2/c1-2-32-26-18-17-20-11-9-10-16-23(20)24(26)19-25-27(21-12-5-3-6-13-21)29-30(28(25)31)22-14-7-4-8-15-22/h3-19H,2H2,1H3/b25-19-. The Bertz CT molecular complexity index is 1340. The number of benzene rings is 4. The minimum atomic E-state index is -0.162. The third-order valence-corrected chi connectivity index (χ3v) is 5.45. The zero-order valence-corrected chi connectivity index (χ0v) is 17.7. The molecule has 0 spiro atoms. The van der Waals surface area contributed by atoms with Crippen LogP contribution in [0.2, 0.25) is 0 Å². The minimum absolute atomic E-state index is 0.162. The number of para-hydroxylation sites is 1. The summed E-state index contributed by atoms with van der Waals surface area (Å²) < 4.78 is 5.93. The van der Waals surface area contributed by atoms with E-state index in [2.05, 4.69) is 12.1 Å². The predicted molar refractivity (Wildman–Crippen MR) is 130 cm³/mol. The fourth-order valence-electron chi connectivity index (χ4n) is 3.95. The van der Waals surface area contributed by atoms with Gasteiger partial charge in [-0.3, -0.25) is 4.79 Å². The lowest BCUT2D eigenvalue weighted by Crippen LogP contribution is -2.21. The number of fused-ring (bicyclic) bond motifs is 1. The van der Waals surface area contributed by atoms with Crippen molar-refractivity contribution >= 4 is 34.2 Å². The van der Waals surface area contributed by atoms with Crippen LogP contribution in [0.1, 0.15) is 18.1 Å². The Morgan fingerprint density at radius 1 is 0.844 bits per heavy atom. The van der Waals surface area contributed by atoms with Crippen LogP contribution in [0.4, 0.5) is 5.69 Å². The van der Waals surface area contributed by atoms with Crippen molar-refractivity contribution in [2.75, 3.05) is 11.6 Å². The van der Waals surface area contributed by atoms with Gasteiger partial charge in [0.05, 0.1) is 17.9 Å². The monoisotopic (exact) mass is 418 g/mol. The molecular weight excluding hydrogens is 396 g/mol. The van der Waals surface area contributed by atoms with Crippen molar-refractivity contribution < 1.29 is 9.53 Å². The third-order valence-electron chi connectivity index (χ3n) is 5.45. The number of hydrogen-bond donors (Lipinski definition) is 0. The van der Waals surface area contributed by atoms with Gasteiger partial charge in [0.15, 0.2) is 0 Å². The molecule has 32 heavy (non-hydrogen) atoms. The van der Waals surface area contributed by atoms with Gasteiger partial charge in [0.2, 0.25) is 0 Å². The molecule has 0 radical (unpaired) electrons. The first-order valence-corrected chi connectivity index (χ1v) is 10.7. The zero-order valence-electron chi connectivity index (χ0n) is 17.7. The van der Waals surface area contributed by atoms with Gasteiger partial charge in [0.25, 0.3) is 5.91 Å². The molecule has 1 aliphatic heterocycles. The van der Waals surface area contributed by atoms with Crippen LogP contribution in [0.3, 0.4) is 0 Å². The number of carbonyl (C=O) groups is 1. The Balaban J connectivity index is 1.72. The van der Waals surface area contributed by atoms with Crippen molar-refractivity contribution in [1.29, 1.82) is 0 Å². The maximum absolute atomic E-state index is 13.6. The summed E-state index contributed by atoms with van der Waals surface area (Å²) in [6.07, 6.45) is 1.92. The van der Waals surface area contributed by atoms with Gasteiger partial charge in [-0.25, -0.2) is 0 Å². The highest BCUT2D eigenvalue weighted by molar-refractivity contribution is 6.37. The van der Waals surface area contributed by atoms with E-state index in [1.165, 1.54) is 5.01 Å². The highest BCUT2D eigenvalue weighted by atomic mass is 16.5. The number of nitrogens with zero attached hydrogens (tertiary/aromatic N) is 2. The molecular formula is C28H22N2O2. The largest absolute Gasteiger partial charge is 0.493 e. The number of ether oxygens (including phenoxy) is 1. The van der Waals surface area contributed by atoms with E-state index in [4.69, 9.17) is 9.84 Å². The van der Waals surface area contributed by atoms with Crippen LogP contribution < -0.4 is 9.75 Å². The summed E-state index contributed by atoms with van der Waals surface area (Å²) >= 11 is 0. The molecule has 4 aromatic rings. The van der Waals surface area contributed by atoms with Crippen molar-refractivity contribution in [2.45, 2.75) is 6.92 Å². The summed E-state index contributed by atoms with van der Waals surface area (Å²) in [6, 6.07) is 31.4. The first-order valence-electron chi connectivity index (χ1n) is 10.7. The number of carbonyl (C=O) groups excluding carboxylic acids is 1. The normalized spacial score (nSPS) is 14.8. The third kappa shape index (κ3) is 3.56. The lowest BCUT2D eigenvalue weighted by molar-refractivity contribution is -0.114. The Labute approximate surface area is 187 Å². The maximum Gasteiger partial charge on any atom is 0.281 e. The van der Waals surface area contributed by atoms with Crippen molar-refractivity contribution in [2.24, 2.45) is 5.10 Å². The maximum atomic E-state index is 13.6. The molecule has 1 heterocycles. The molecule has 0 unspecified atom stereocenters. The molecule has 4 aromatic carbocycles. The molecule has 156 valence electrons. The van der Waals surface area contributed by atoms with Crippen LogP contribution in [0, 0.1) is 0 Å². The number of amides is 1. The van der Waals surface area contributed by atoms with E-state index in [1.807, 2.05) is 97.9 Å². The molecule has 0 fully saturated rings. The highest BCUT2D eigenvalue weighted by Crippen LogP contribution is 2.34. The lowest BCUT2D eigenvalue weighted by Gasteiger charge is -2.13. The van der Waals surface area contributed by atoms with Gasteiger partial charge in [-0.1, -0.05) is 78.9 Å². The van der Waals surface area contributed by atoms with E-state index < -0.39 is 0 Å². The average Bonchev–Trinajstić information content (AvgIpc) is 3.17. The smallest absolute Gasteiger partial charge is 0.281 e. The molecule has 1 amide bonds. The second kappa shape index (κ2) is 8.52. The molecule has 0 saturated carbocycles. The zero-order chi connectivity index (χ0) is 21.9. The lowest BCUT2D eigenvalue weighted by atomic mass is 9.97. The molecule has 0 N–H and O–H groups in total. The fourth-order valence-corrected chi connectivity index (χ4v) is 3.95. The summed E-state index contributed by atoms with van der Waals surface area (Å²) in [7, 11) is 0. The van der Waals surface area contributed by atoms with Gasteiger partial charge in [-0.15, -0.1) is 0 Å². The predicted octanol–water partition coefficient (Wildman–Crippen LogP) is 6.07. The van der Waals surface area contributed by atoms with E-state index in [-0.39, 0.29) is 5.91 Å². The van der Waals surface area contributed by atoms with Gasteiger partial charge in [0, 0.05) is 11.1 Å². The van der Waals surface area contributed by atoms with Crippen LogP contribution in [0.5, 0.6) is 5.75 Å². The van der Waals surface area contributed by atoms with Crippen LogP contribution in [-0.4, -0.2) is 18.2 Å². The van der Waals surface area contributed by atoms with E-state index in [9.17, 15) is 4.79 Å². The topological polar surface area (TPSA) is 41.9 Å². The van der Waals surface area contributed by atoms with Gasteiger partial charge in [0.1, 0.15) is 11.5 Å². The molecule has 1 aliphatic rings. The summed E-state index contributed by atoms with van der Waals surface area (Å²) in [5.74, 6) is 0.586. The summed E-state index contributed by atoms with van der Waals surface area (Å²) in [5, 5.41) is 8.33. The Morgan fingerprint density at radius 2 is 1.53 bits per heavy atom. The van der Waals surface area contributed by atoms with Crippen molar-refractivity contribution in [3.05, 3.63) is 114 Å². The number of hydrazone groups is 1. The van der Waals surface area contributed by atoms with Crippen molar-refractivity contribution in [1.82, 2.24) is 0 Å². The summed E-state index contributed by atoms with van der Waals surface area (Å²) in [6.45, 7) is 2.50. The van der Waals surface area contributed by atoms with Gasteiger partial charge in [-0.05, 0) is 42.0 Å². The van der Waals surface area contributed by atoms with Gasteiger partial charge >= 0.3 is 0 Å². The summed E-state index contributed by atoms with van der Waals surface area (Å²) in [5.41, 5.74) is 3.69. The van der Waals surface area contributed by atoms with Crippen LogP contribution in [-0.2, 0) is 4.79 Å². The fraction of sp³-hybridized carbons (Fsp3) is 0.0714. The van der Waals surface area contributed by atoms with E-state index in [0.29, 0.717) is 17.9 Å². The molecule has 0 atom stereocenters. The molecule has 0 aromatic heterocycles.